The summed E-state index contributed by atoms with van der Waals surface area (Å²) >= 11 is 0. The molecule has 1 heterocycles. The Labute approximate surface area is 50.1 Å². The van der Waals surface area contributed by atoms with Crippen molar-refractivity contribution in [2.24, 2.45) is 14.1 Å². The molecule has 0 atom stereocenters. The molecule has 0 saturated heterocycles. The zero-order valence-electron chi connectivity index (χ0n) is 5.12. The minimum atomic E-state index is -0.637. The quantitative estimate of drug-likeness (QED) is 0.437. The van der Waals surface area contributed by atoms with Gasteiger partial charge in [0.1, 0.15) is 0 Å². The number of aromatic nitrogens is 2. The molecular formula is C4H6N2O3. The van der Waals surface area contributed by atoms with Gasteiger partial charge in [0.15, 0.2) is 0 Å². The van der Waals surface area contributed by atoms with Gasteiger partial charge in [0.2, 0.25) is 0 Å². The van der Waals surface area contributed by atoms with Gasteiger partial charge in [-0.2, -0.15) is 0 Å². The second kappa shape index (κ2) is 1.61. The van der Waals surface area contributed by atoms with Crippen LogP contribution in [0.1, 0.15) is 0 Å². The first-order valence-electron chi connectivity index (χ1n) is 2.36. The lowest BCUT2D eigenvalue weighted by molar-refractivity contribution is 0.463. The predicted molar refractivity (Wildman–Crippen MR) is 29.2 cm³/mol. The van der Waals surface area contributed by atoms with Gasteiger partial charge in [0.25, 0.3) is 0 Å². The molecule has 1 rings (SSSR count). The average Bonchev–Trinajstić information content (AvgIpc) is 1.98. The molecule has 0 aromatic carbocycles. The van der Waals surface area contributed by atoms with Gasteiger partial charge in [0.05, 0.1) is 0 Å². The number of nitrogens with zero attached hydrogens (tertiary/aromatic N) is 2. The summed E-state index contributed by atoms with van der Waals surface area (Å²) in [5.74, 6) is -1.27. The van der Waals surface area contributed by atoms with Crippen molar-refractivity contribution in [1.82, 2.24) is 9.36 Å². The van der Waals surface area contributed by atoms with Gasteiger partial charge < -0.3 is 4.42 Å². The fourth-order valence-electron chi connectivity index (χ4n) is 0.452. The van der Waals surface area contributed by atoms with Crippen molar-refractivity contribution in [3.63, 3.8) is 0 Å². The Morgan fingerprint density at radius 3 is 1.56 bits per heavy atom. The van der Waals surface area contributed by atoms with Gasteiger partial charge >= 0.3 is 11.5 Å². The fourth-order valence-corrected chi connectivity index (χ4v) is 0.452. The summed E-state index contributed by atoms with van der Waals surface area (Å²) in [4.78, 5) is 20.9. The number of hydrogen-bond acceptors (Lipinski definition) is 3. The van der Waals surface area contributed by atoms with Gasteiger partial charge in [-0.1, -0.05) is 0 Å². The minimum absolute atomic E-state index is 0.637. The van der Waals surface area contributed by atoms with E-state index in [0.29, 0.717) is 0 Å². The topological polar surface area (TPSA) is 57.1 Å². The van der Waals surface area contributed by atoms with Crippen molar-refractivity contribution in [3.8, 4) is 0 Å². The molecule has 1 aromatic heterocycles. The fraction of sp³-hybridized carbons (Fsp3) is 0.500. The van der Waals surface area contributed by atoms with E-state index in [0.717, 1.165) is 9.36 Å². The van der Waals surface area contributed by atoms with Gasteiger partial charge in [0, 0.05) is 14.1 Å². The highest BCUT2D eigenvalue weighted by Crippen LogP contribution is 1.63. The summed E-state index contributed by atoms with van der Waals surface area (Å²) in [5, 5.41) is 0. The molecule has 5 nitrogen and oxygen atoms in total. The lowest BCUT2D eigenvalue weighted by atomic mass is 11.2. The highest BCUT2D eigenvalue weighted by Gasteiger charge is 1.99. The number of rotatable bonds is 0. The van der Waals surface area contributed by atoms with E-state index < -0.39 is 11.5 Å². The van der Waals surface area contributed by atoms with Crippen molar-refractivity contribution in [2.45, 2.75) is 0 Å². The van der Waals surface area contributed by atoms with E-state index in [1.54, 1.807) is 0 Å². The van der Waals surface area contributed by atoms with E-state index in [9.17, 15) is 9.59 Å². The molecule has 0 aliphatic rings. The van der Waals surface area contributed by atoms with Crippen LogP contribution in [0, 0.1) is 0 Å². The van der Waals surface area contributed by atoms with Crippen molar-refractivity contribution in [1.29, 1.82) is 0 Å². The molecule has 0 aliphatic carbocycles. The molecule has 0 unspecified atom stereocenters. The van der Waals surface area contributed by atoms with Crippen LogP contribution in [0.4, 0.5) is 0 Å². The number of hydrogen-bond donors (Lipinski definition) is 0. The van der Waals surface area contributed by atoms with Crippen LogP contribution in [0.25, 0.3) is 0 Å². The van der Waals surface area contributed by atoms with Crippen LogP contribution >= 0.6 is 0 Å². The minimum Gasteiger partial charge on any atom is -0.357 e. The van der Waals surface area contributed by atoms with E-state index in [-0.39, 0.29) is 0 Å². The standard InChI is InChI=1S/C4H6N2O3/c1-5-3(7)9-4(8)6(5)2/h1-2H3. The Bertz CT molecular complexity index is 285. The molecule has 1 aromatic rings. The van der Waals surface area contributed by atoms with Gasteiger partial charge in [-0.05, 0) is 0 Å². The summed E-state index contributed by atoms with van der Waals surface area (Å²) < 4.78 is 6.33. The first-order valence-corrected chi connectivity index (χ1v) is 2.36. The molecule has 0 bridgehead atoms. The molecule has 0 saturated carbocycles. The van der Waals surface area contributed by atoms with Gasteiger partial charge in [-0.3, -0.25) is 0 Å². The second-order valence-corrected chi connectivity index (χ2v) is 1.68. The molecule has 0 amide bonds. The summed E-state index contributed by atoms with van der Waals surface area (Å²) in [6, 6.07) is 0. The molecule has 9 heavy (non-hydrogen) atoms. The van der Waals surface area contributed by atoms with E-state index in [4.69, 9.17) is 0 Å². The predicted octanol–water partition coefficient (Wildman–Crippen LogP) is -1.32. The van der Waals surface area contributed by atoms with Crippen LogP contribution in [-0.2, 0) is 14.1 Å². The van der Waals surface area contributed by atoms with Crippen LogP contribution in [-0.4, -0.2) is 9.36 Å². The highest BCUT2D eigenvalue weighted by atomic mass is 16.5. The Morgan fingerprint density at radius 1 is 1.11 bits per heavy atom. The summed E-state index contributed by atoms with van der Waals surface area (Å²) in [7, 11) is 2.90. The monoisotopic (exact) mass is 130 g/mol. The van der Waals surface area contributed by atoms with E-state index >= 15 is 0 Å². The Kier molecular flexibility index (Phi) is 1.05. The Hall–Kier alpha value is -1.26. The first-order chi connectivity index (χ1) is 4.13. The Balaban J connectivity index is 3.67. The first kappa shape index (κ1) is 5.87. The SMILES string of the molecule is Cn1c(=O)oc(=O)n1C. The smallest absolute Gasteiger partial charge is 0.357 e. The van der Waals surface area contributed by atoms with E-state index in [2.05, 4.69) is 4.42 Å². The van der Waals surface area contributed by atoms with Gasteiger partial charge in [-0.15, -0.1) is 0 Å². The third kappa shape index (κ3) is 0.697. The maximum absolute atomic E-state index is 10.4. The summed E-state index contributed by atoms with van der Waals surface area (Å²) in [6.07, 6.45) is 0. The van der Waals surface area contributed by atoms with Crippen LogP contribution in [0.3, 0.4) is 0 Å². The summed E-state index contributed by atoms with van der Waals surface area (Å²) in [5.41, 5.74) is 0. The molecule has 0 fully saturated rings. The third-order valence-electron chi connectivity index (χ3n) is 1.15. The molecular weight excluding hydrogens is 124 g/mol. The maximum atomic E-state index is 10.4. The Morgan fingerprint density at radius 2 is 1.44 bits per heavy atom. The van der Waals surface area contributed by atoms with Crippen molar-refractivity contribution < 1.29 is 4.42 Å². The maximum Gasteiger partial charge on any atom is 0.437 e. The lowest BCUT2D eigenvalue weighted by Crippen LogP contribution is -2.20. The van der Waals surface area contributed by atoms with Crippen molar-refractivity contribution in [2.75, 3.05) is 0 Å². The molecule has 0 aliphatic heterocycles. The third-order valence-corrected chi connectivity index (χ3v) is 1.15. The van der Waals surface area contributed by atoms with Crippen LogP contribution < -0.4 is 11.5 Å². The zero-order valence-corrected chi connectivity index (χ0v) is 5.12. The normalized spacial score (nSPS) is 10.0. The van der Waals surface area contributed by atoms with Crippen molar-refractivity contribution >= 4 is 0 Å². The van der Waals surface area contributed by atoms with E-state index in [1.165, 1.54) is 14.1 Å². The molecule has 0 spiro atoms. The highest BCUT2D eigenvalue weighted by molar-refractivity contribution is 4.53. The van der Waals surface area contributed by atoms with Crippen LogP contribution in [0.15, 0.2) is 14.0 Å². The molecule has 0 radical (unpaired) electrons. The second-order valence-electron chi connectivity index (χ2n) is 1.68. The molecule has 0 N–H and O–H groups in total. The van der Waals surface area contributed by atoms with Gasteiger partial charge in [-0.25, -0.2) is 19.0 Å². The zero-order chi connectivity index (χ0) is 7.02. The molecule has 5 heteroatoms. The lowest BCUT2D eigenvalue weighted by Gasteiger charge is -1.88. The van der Waals surface area contributed by atoms with E-state index in [1.807, 2.05) is 0 Å². The largest absolute Gasteiger partial charge is 0.437 e. The molecule has 50 valence electrons. The van der Waals surface area contributed by atoms with Crippen molar-refractivity contribution in [3.05, 3.63) is 21.1 Å². The van der Waals surface area contributed by atoms with Crippen LogP contribution in [0.5, 0.6) is 0 Å². The van der Waals surface area contributed by atoms with Crippen LogP contribution in [0.2, 0.25) is 0 Å². The average molecular weight is 130 g/mol. The summed E-state index contributed by atoms with van der Waals surface area (Å²) in [6.45, 7) is 0.